The third-order valence-electron chi connectivity index (χ3n) is 7.51. The number of benzene rings is 2. The molecule has 0 radical (unpaired) electrons. The summed E-state index contributed by atoms with van der Waals surface area (Å²) in [5, 5.41) is 20.9. The van der Waals surface area contributed by atoms with Crippen LogP contribution in [0.4, 0.5) is 11.4 Å². The van der Waals surface area contributed by atoms with E-state index in [-0.39, 0.29) is 36.5 Å². The molecule has 0 bridgehead atoms. The normalized spacial score (nSPS) is 19.2. The SMILES string of the molecule is C[C@@H]1CN([C@@H](C)CO)C(=O)CCCn2nncc2CO[C@@H]1CN(C)Cc1ccc(C(=O)Nc2ccccc2N)cc1. The van der Waals surface area contributed by atoms with Crippen molar-refractivity contribution in [3.63, 3.8) is 0 Å². The molecule has 2 aromatic carbocycles. The second-order valence-corrected chi connectivity index (χ2v) is 10.9. The van der Waals surface area contributed by atoms with Crippen molar-refractivity contribution in [3.05, 3.63) is 71.5 Å². The summed E-state index contributed by atoms with van der Waals surface area (Å²) in [6.45, 7) is 6.57. The number of aliphatic hydroxyl groups is 1. The number of carbonyl (C=O) groups excluding carboxylic acids is 2. The number of para-hydroxylation sites is 2. The van der Waals surface area contributed by atoms with Gasteiger partial charge >= 0.3 is 0 Å². The quantitative estimate of drug-likeness (QED) is 0.356. The Hall–Kier alpha value is -3.80. The van der Waals surface area contributed by atoms with Gasteiger partial charge in [-0.15, -0.1) is 5.10 Å². The molecule has 4 N–H and O–H groups in total. The maximum Gasteiger partial charge on any atom is 0.255 e. The van der Waals surface area contributed by atoms with Crippen molar-refractivity contribution in [2.24, 2.45) is 5.92 Å². The molecule has 2 amide bonds. The van der Waals surface area contributed by atoms with Crippen molar-refractivity contribution in [1.82, 2.24) is 24.8 Å². The van der Waals surface area contributed by atoms with Gasteiger partial charge in [0.05, 0.1) is 48.6 Å². The van der Waals surface area contributed by atoms with E-state index >= 15 is 0 Å². The maximum absolute atomic E-state index is 13.1. The van der Waals surface area contributed by atoms with Gasteiger partial charge in [0.2, 0.25) is 5.91 Å². The zero-order chi connectivity index (χ0) is 29.4. The molecule has 0 fully saturated rings. The van der Waals surface area contributed by atoms with Crippen molar-refractivity contribution < 1.29 is 19.4 Å². The van der Waals surface area contributed by atoms with Crippen LogP contribution in [0.5, 0.6) is 0 Å². The van der Waals surface area contributed by atoms with Crippen LogP contribution < -0.4 is 11.1 Å². The number of aryl methyl sites for hydroxylation is 1. The van der Waals surface area contributed by atoms with Crippen molar-refractivity contribution in [2.45, 2.75) is 58.5 Å². The average Bonchev–Trinajstić information content (AvgIpc) is 3.41. The molecule has 2 heterocycles. The molecule has 41 heavy (non-hydrogen) atoms. The lowest BCUT2D eigenvalue weighted by Gasteiger charge is -2.35. The summed E-state index contributed by atoms with van der Waals surface area (Å²) in [6, 6.07) is 14.4. The maximum atomic E-state index is 13.1. The van der Waals surface area contributed by atoms with Gasteiger partial charge in [0, 0.05) is 44.1 Å². The molecular weight excluding hydrogens is 522 g/mol. The number of anilines is 2. The number of likely N-dealkylation sites (N-methyl/N-ethyl adjacent to an activating group) is 1. The van der Waals surface area contributed by atoms with Crippen molar-refractivity contribution in [2.75, 3.05) is 37.8 Å². The molecule has 0 saturated carbocycles. The number of nitrogens with two attached hydrogens (primary N) is 1. The fraction of sp³-hybridized carbons (Fsp3) is 0.467. The summed E-state index contributed by atoms with van der Waals surface area (Å²) >= 11 is 0. The van der Waals surface area contributed by atoms with E-state index in [2.05, 4.69) is 27.5 Å². The van der Waals surface area contributed by atoms with Crippen LogP contribution in [0, 0.1) is 5.92 Å². The highest BCUT2D eigenvalue weighted by Crippen LogP contribution is 2.20. The Kier molecular flexibility index (Phi) is 10.4. The van der Waals surface area contributed by atoms with Crippen LogP contribution in [0.15, 0.2) is 54.7 Å². The molecule has 0 aliphatic carbocycles. The van der Waals surface area contributed by atoms with Crippen LogP contribution in [0.2, 0.25) is 0 Å². The molecule has 1 aliphatic rings. The van der Waals surface area contributed by atoms with E-state index in [1.165, 1.54) is 0 Å². The van der Waals surface area contributed by atoms with E-state index in [4.69, 9.17) is 10.5 Å². The van der Waals surface area contributed by atoms with Crippen LogP contribution in [0.25, 0.3) is 0 Å². The standard InChI is InChI=1S/C30H41N7O4/c1-21-16-36(22(2)19-38)29(39)9-6-14-37-25(15-32-34-37)20-41-28(21)18-35(3)17-23-10-12-24(13-11-23)30(40)33-27-8-5-4-7-26(27)31/h4-5,7-8,10-13,15,21-22,28,38H,6,9,14,16-20,31H2,1-3H3,(H,33,40)/t21-,22+,28-/m1/s1. The predicted molar refractivity (Wildman–Crippen MR) is 157 cm³/mol. The number of amides is 2. The first-order chi connectivity index (χ1) is 19.7. The number of nitrogens with one attached hydrogen (secondary N) is 1. The molecule has 0 unspecified atom stereocenters. The number of aliphatic hydroxyl groups excluding tert-OH is 1. The molecule has 0 saturated heterocycles. The molecule has 11 nitrogen and oxygen atoms in total. The van der Waals surface area contributed by atoms with Gasteiger partial charge in [0.25, 0.3) is 5.91 Å². The third-order valence-corrected chi connectivity index (χ3v) is 7.51. The molecule has 4 rings (SSSR count). The summed E-state index contributed by atoms with van der Waals surface area (Å²) in [4.78, 5) is 29.7. The van der Waals surface area contributed by atoms with Gasteiger partial charge in [-0.1, -0.05) is 36.4 Å². The summed E-state index contributed by atoms with van der Waals surface area (Å²) in [5.74, 6) is -0.189. The van der Waals surface area contributed by atoms with E-state index in [0.29, 0.717) is 62.6 Å². The molecule has 0 spiro atoms. The predicted octanol–water partition coefficient (Wildman–Crippen LogP) is 2.77. The van der Waals surface area contributed by atoms with Gasteiger partial charge in [-0.3, -0.25) is 14.5 Å². The first kappa shape index (κ1) is 30.2. The van der Waals surface area contributed by atoms with Gasteiger partial charge in [-0.25, -0.2) is 4.68 Å². The lowest BCUT2D eigenvalue weighted by atomic mass is 10.0. The van der Waals surface area contributed by atoms with Crippen LogP contribution in [0.1, 0.15) is 48.3 Å². The number of fused-ring (bicyclic) bond motifs is 1. The van der Waals surface area contributed by atoms with E-state index < -0.39 is 0 Å². The second-order valence-electron chi connectivity index (χ2n) is 10.9. The number of nitrogens with zero attached hydrogens (tertiary/aromatic N) is 5. The Morgan fingerprint density at radius 2 is 2.00 bits per heavy atom. The third kappa shape index (κ3) is 8.12. The van der Waals surface area contributed by atoms with Gasteiger partial charge < -0.3 is 25.8 Å². The van der Waals surface area contributed by atoms with E-state index in [9.17, 15) is 14.7 Å². The highest BCUT2D eigenvalue weighted by molar-refractivity contribution is 6.05. The minimum Gasteiger partial charge on any atom is -0.397 e. The molecule has 1 aromatic heterocycles. The van der Waals surface area contributed by atoms with Gasteiger partial charge in [0.1, 0.15) is 0 Å². The van der Waals surface area contributed by atoms with Gasteiger partial charge in [-0.2, -0.15) is 0 Å². The lowest BCUT2D eigenvalue weighted by molar-refractivity contribution is -0.136. The van der Waals surface area contributed by atoms with E-state index in [1.807, 2.05) is 38.2 Å². The number of hydrogen-bond donors (Lipinski definition) is 3. The zero-order valence-electron chi connectivity index (χ0n) is 24.1. The highest BCUT2D eigenvalue weighted by atomic mass is 16.5. The molecule has 220 valence electrons. The van der Waals surface area contributed by atoms with Crippen molar-refractivity contribution in [3.8, 4) is 0 Å². The summed E-state index contributed by atoms with van der Waals surface area (Å²) in [5.41, 5.74) is 9.52. The Balaban J connectivity index is 1.42. The van der Waals surface area contributed by atoms with Crippen molar-refractivity contribution in [1.29, 1.82) is 0 Å². The monoisotopic (exact) mass is 563 g/mol. The summed E-state index contributed by atoms with van der Waals surface area (Å²) < 4.78 is 8.22. The van der Waals surface area contributed by atoms with Gasteiger partial charge in [-0.05, 0) is 50.2 Å². The van der Waals surface area contributed by atoms with Crippen LogP contribution in [-0.2, 0) is 29.2 Å². The minimum atomic E-state index is -0.276. The fourth-order valence-corrected chi connectivity index (χ4v) is 5.00. The number of aromatic nitrogens is 3. The number of nitrogen functional groups attached to an aromatic ring is 1. The van der Waals surface area contributed by atoms with Gasteiger partial charge in [0.15, 0.2) is 0 Å². The Morgan fingerprint density at radius 3 is 2.73 bits per heavy atom. The van der Waals surface area contributed by atoms with Crippen LogP contribution in [0.3, 0.4) is 0 Å². The second kappa shape index (κ2) is 14.2. The highest BCUT2D eigenvalue weighted by Gasteiger charge is 2.28. The molecule has 3 aromatic rings. The topological polar surface area (TPSA) is 139 Å². The zero-order valence-corrected chi connectivity index (χ0v) is 24.1. The largest absolute Gasteiger partial charge is 0.397 e. The van der Waals surface area contributed by atoms with Crippen molar-refractivity contribution >= 4 is 23.2 Å². The molecular formula is C30H41N7O4. The minimum absolute atomic E-state index is 0.00986. The molecule has 11 heteroatoms. The Bertz CT molecular complexity index is 1300. The van der Waals surface area contributed by atoms with Crippen LogP contribution in [-0.4, -0.2) is 80.6 Å². The fourth-order valence-electron chi connectivity index (χ4n) is 5.00. The average molecular weight is 564 g/mol. The number of carbonyl (C=O) groups is 2. The molecule has 3 atom stereocenters. The summed E-state index contributed by atoms with van der Waals surface area (Å²) in [7, 11) is 2.02. The van der Waals surface area contributed by atoms with Crippen LogP contribution >= 0.6 is 0 Å². The molecule has 1 aliphatic heterocycles. The number of hydrogen-bond acceptors (Lipinski definition) is 8. The summed E-state index contributed by atoms with van der Waals surface area (Å²) in [6.07, 6.45) is 2.55. The Morgan fingerprint density at radius 1 is 1.24 bits per heavy atom. The lowest BCUT2D eigenvalue weighted by Crippen LogP contribution is -2.47. The first-order valence-corrected chi connectivity index (χ1v) is 14.1. The van der Waals surface area contributed by atoms with E-state index in [0.717, 1.165) is 11.3 Å². The smallest absolute Gasteiger partial charge is 0.255 e. The number of ether oxygens (including phenoxy) is 1. The first-order valence-electron chi connectivity index (χ1n) is 14.1. The van der Waals surface area contributed by atoms with E-state index in [1.54, 1.807) is 40.0 Å². The Labute approximate surface area is 241 Å². The number of rotatable bonds is 8.